The number of hydrogen-bond donors (Lipinski definition) is 0. The molecule has 4 rings (SSSR count). The fourth-order valence-electron chi connectivity index (χ4n) is 2.91. The van der Waals surface area contributed by atoms with E-state index in [0.717, 1.165) is 21.0 Å². The molecule has 0 unspecified atom stereocenters. The quantitative estimate of drug-likeness (QED) is 0.530. The number of benzene rings is 2. The fourth-order valence-corrected chi connectivity index (χ4v) is 3.83. The van der Waals surface area contributed by atoms with Crippen molar-refractivity contribution in [1.82, 2.24) is 14.5 Å². The van der Waals surface area contributed by atoms with Gasteiger partial charge in [0, 0.05) is 16.6 Å². The molecular formula is C21H19N3OS. The third-order valence-electron chi connectivity index (χ3n) is 4.44. The van der Waals surface area contributed by atoms with Gasteiger partial charge in [-0.3, -0.25) is 9.36 Å². The summed E-state index contributed by atoms with van der Waals surface area (Å²) < 4.78 is 1.64. The van der Waals surface area contributed by atoms with E-state index in [4.69, 9.17) is 0 Å². The van der Waals surface area contributed by atoms with E-state index in [2.05, 4.69) is 48.1 Å². The number of para-hydroxylation sites is 1. The zero-order valence-corrected chi connectivity index (χ0v) is 15.5. The van der Waals surface area contributed by atoms with Crippen LogP contribution in [0.15, 0.2) is 65.8 Å². The minimum Gasteiger partial charge on any atom is -0.293 e. The van der Waals surface area contributed by atoms with Crippen LogP contribution in [0, 0.1) is 0 Å². The first-order valence-electron chi connectivity index (χ1n) is 8.61. The summed E-state index contributed by atoms with van der Waals surface area (Å²) in [6, 6.07) is 15.9. The third-order valence-corrected chi connectivity index (χ3v) is 5.47. The van der Waals surface area contributed by atoms with Gasteiger partial charge < -0.3 is 0 Å². The summed E-state index contributed by atoms with van der Waals surface area (Å²) in [6.45, 7) is 4.86. The molecule has 0 aliphatic carbocycles. The second-order valence-corrected chi connectivity index (χ2v) is 7.72. The lowest BCUT2D eigenvalue weighted by Gasteiger charge is -2.05. The second-order valence-electron chi connectivity index (χ2n) is 6.60. The molecule has 0 radical (unpaired) electrons. The molecule has 4 nitrogen and oxygen atoms in total. The fraction of sp³-hybridized carbons (Fsp3) is 0.190. The van der Waals surface area contributed by atoms with E-state index in [-0.39, 0.29) is 5.56 Å². The Kier molecular flexibility index (Phi) is 4.39. The molecule has 0 atom stereocenters. The number of aromatic nitrogens is 3. The number of fused-ring (bicyclic) bond motifs is 1. The Bertz CT molecular complexity index is 1110. The molecule has 0 saturated carbocycles. The molecule has 0 bridgehead atoms. The van der Waals surface area contributed by atoms with Crippen molar-refractivity contribution in [3.05, 3.63) is 81.8 Å². The molecular weight excluding hydrogens is 342 g/mol. The van der Waals surface area contributed by atoms with Crippen LogP contribution in [-0.4, -0.2) is 14.5 Å². The van der Waals surface area contributed by atoms with Crippen molar-refractivity contribution in [2.24, 2.45) is 0 Å². The topological polar surface area (TPSA) is 47.8 Å². The first-order chi connectivity index (χ1) is 12.6. The SMILES string of the molecule is CC(C)c1ccc(-c2ncc(Cn3cnc4ccccc4c3=O)s2)cc1. The Hall–Kier alpha value is -2.79. The lowest BCUT2D eigenvalue weighted by atomic mass is 10.0. The van der Waals surface area contributed by atoms with Gasteiger partial charge in [-0.2, -0.15) is 0 Å². The molecule has 0 aliphatic heterocycles. The van der Waals surface area contributed by atoms with Gasteiger partial charge in [0.25, 0.3) is 5.56 Å². The van der Waals surface area contributed by atoms with Crippen molar-refractivity contribution in [1.29, 1.82) is 0 Å². The summed E-state index contributed by atoms with van der Waals surface area (Å²) in [5.41, 5.74) is 3.13. The highest BCUT2D eigenvalue weighted by atomic mass is 32.1. The van der Waals surface area contributed by atoms with Gasteiger partial charge >= 0.3 is 0 Å². The Balaban J connectivity index is 1.61. The van der Waals surface area contributed by atoms with E-state index in [1.165, 1.54) is 5.56 Å². The summed E-state index contributed by atoms with van der Waals surface area (Å²) >= 11 is 1.61. The highest BCUT2D eigenvalue weighted by Gasteiger charge is 2.09. The number of thiazole rings is 1. The normalized spacial score (nSPS) is 11.3. The van der Waals surface area contributed by atoms with E-state index >= 15 is 0 Å². The average molecular weight is 361 g/mol. The monoisotopic (exact) mass is 361 g/mol. The van der Waals surface area contributed by atoms with Gasteiger partial charge in [0.2, 0.25) is 0 Å². The van der Waals surface area contributed by atoms with Crippen LogP contribution < -0.4 is 5.56 Å². The minimum atomic E-state index is -0.0214. The van der Waals surface area contributed by atoms with Gasteiger partial charge in [-0.25, -0.2) is 9.97 Å². The van der Waals surface area contributed by atoms with Gasteiger partial charge in [0.1, 0.15) is 5.01 Å². The van der Waals surface area contributed by atoms with Crippen LogP contribution in [0.4, 0.5) is 0 Å². The van der Waals surface area contributed by atoms with Gasteiger partial charge in [-0.15, -0.1) is 11.3 Å². The highest BCUT2D eigenvalue weighted by molar-refractivity contribution is 7.15. The predicted octanol–water partition coefficient (Wildman–Crippen LogP) is 4.69. The maximum absolute atomic E-state index is 12.6. The zero-order chi connectivity index (χ0) is 18.1. The molecule has 0 aliphatic rings. The van der Waals surface area contributed by atoms with Crippen LogP contribution in [0.1, 0.15) is 30.2 Å². The molecule has 0 amide bonds. The second kappa shape index (κ2) is 6.84. The smallest absolute Gasteiger partial charge is 0.261 e. The average Bonchev–Trinajstić information content (AvgIpc) is 3.13. The van der Waals surface area contributed by atoms with Gasteiger partial charge in [-0.05, 0) is 23.6 Å². The van der Waals surface area contributed by atoms with Crippen LogP contribution in [0.5, 0.6) is 0 Å². The summed E-state index contributed by atoms with van der Waals surface area (Å²) in [7, 11) is 0. The molecule has 2 heterocycles. The van der Waals surface area contributed by atoms with Crippen LogP contribution in [-0.2, 0) is 6.54 Å². The van der Waals surface area contributed by atoms with E-state index in [1.54, 1.807) is 22.2 Å². The molecule has 4 aromatic rings. The van der Waals surface area contributed by atoms with E-state index in [9.17, 15) is 4.79 Å². The summed E-state index contributed by atoms with van der Waals surface area (Å²) in [5.74, 6) is 0.517. The molecule has 2 aromatic carbocycles. The Morgan fingerprint density at radius 2 is 1.81 bits per heavy atom. The Labute approximate surface area is 155 Å². The number of hydrogen-bond acceptors (Lipinski definition) is 4. The molecule has 0 fully saturated rings. The summed E-state index contributed by atoms with van der Waals surface area (Å²) in [6.07, 6.45) is 3.46. The lowest BCUT2D eigenvalue weighted by Crippen LogP contribution is -2.20. The van der Waals surface area contributed by atoms with E-state index in [1.807, 2.05) is 30.5 Å². The number of nitrogens with zero attached hydrogens (tertiary/aromatic N) is 3. The van der Waals surface area contributed by atoms with Crippen molar-refractivity contribution in [3.63, 3.8) is 0 Å². The van der Waals surface area contributed by atoms with E-state index in [0.29, 0.717) is 17.8 Å². The van der Waals surface area contributed by atoms with Gasteiger partial charge in [0.15, 0.2) is 0 Å². The van der Waals surface area contributed by atoms with Crippen LogP contribution >= 0.6 is 11.3 Å². The predicted molar refractivity (Wildman–Crippen MR) is 107 cm³/mol. The summed E-state index contributed by atoms with van der Waals surface area (Å²) in [4.78, 5) is 22.6. The van der Waals surface area contributed by atoms with Crippen molar-refractivity contribution >= 4 is 22.2 Å². The largest absolute Gasteiger partial charge is 0.293 e. The van der Waals surface area contributed by atoms with Gasteiger partial charge in [-0.1, -0.05) is 50.2 Å². The third kappa shape index (κ3) is 3.18. The molecule has 130 valence electrons. The maximum atomic E-state index is 12.6. The molecule has 2 aromatic heterocycles. The number of rotatable bonds is 4. The lowest BCUT2D eigenvalue weighted by molar-refractivity contribution is 0.757. The van der Waals surface area contributed by atoms with Crippen LogP contribution in [0.25, 0.3) is 21.5 Å². The van der Waals surface area contributed by atoms with E-state index < -0.39 is 0 Å². The standard InChI is InChI=1S/C21H19N3OS/c1-14(2)15-7-9-16(10-8-15)20-22-11-17(26-20)12-24-13-23-19-6-4-3-5-18(19)21(24)25/h3-11,13-14H,12H2,1-2H3. The van der Waals surface area contributed by atoms with Crippen molar-refractivity contribution in [2.75, 3.05) is 0 Å². The van der Waals surface area contributed by atoms with Crippen molar-refractivity contribution in [2.45, 2.75) is 26.3 Å². The molecule has 0 saturated heterocycles. The summed E-state index contributed by atoms with van der Waals surface area (Å²) in [5, 5.41) is 1.61. The molecule has 26 heavy (non-hydrogen) atoms. The first kappa shape index (κ1) is 16.7. The molecule has 0 spiro atoms. The van der Waals surface area contributed by atoms with Crippen molar-refractivity contribution < 1.29 is 0 Å². The van der Waals surface area contributed by atoms with Crippen LogP contribution in [0.2, 0.25) is 0 Å². The first-order valence-corrected chi connectivity index (χ1v) is 9.42. The van der Waals surface area contributed by atoms with Crippen molar-refractivity contribution in [3.8, 4) is 10.6 Å². The highest BCUT2D eigenvalue weighted by Crippen LogP contribution is 2.27. The molecule has 5 heteroatoms. The molecule has 0 N–H and O–H groups in total. The van der Waals surface area contributed by atoms with Crippen LogP contribution in [0.3, 0.4) is 0 Å². The Morgan fingerprint density at radius 1 is 1.04 bits per heavy atom. The Morgan fingerprint density at radius 3 is 2.58 bits per heavy atom. The van der Waals surface area contributed by atoms with Gasteiger partial charge in [0.05, 0.1) is 23.8 Å². The minimum absolute atomic E-state index is 0.0214. The zero-order valence-electron chi connectivity index (χ0n) is 14.7. The maximum Gasteiger partial charge on any atom is 0.261 e.